The Bertz CT molecular complexity index is 132. The van der Waals surface area contributed by atoms with Crippen LogP contribution >= 0.6 is 0 Å². The molecule has 0 radical (unpaired) electrons. The van der Waals surface area contributed by atoms with Gasteiger partial charge in [0.2, 0.25) is 0 Å². The average Bonchev–Trinajstić information content (AvgIpc) is 2.32. The molecule has 12 heavy (non-hydrogen) atoms. The molecule has 0 aromatic heterocycles. The lowest BCUT2D eigenvalue weighted by molar-refractivity contribution is 0.297. The Morgan fingerprint density at radius 2 is 2.25 bits per heavy atom. The van der Waals surface area contributed by atoms with E-state index in [-0.39, 0.29) is 0 Å². The summed E-state index contributed by atoms with van der Waals surface area (Å²) in [4.78, 5) is 0. The van der Waals surface area contributed by atoms with Crippen LogP contribution in [-0.2, 0) is 0 Å². The van der Waals surface area contributed by atoms with E-state index in [2.05, 4.69) is 31.4 Å². The molecule has 0 amide bonds. The van der Waals surface area contributed by atoms with Crippen LogP contribution in [0.2, 0.25) is 0 Å². The van der Waals surface area contributed by atoms with Gasteiger partial charge in [-0.3, -0.25) is 0 Å². The Kier molecular flexibility index (Phi) is 3.53. The normalized spacial score (nSPS) is 27.8. The number of rotatable bonds is 4. The van der Waals surface area contributed by atoms with E-state index in [1.165, 1.54) is 19.4 Å². The molecule has 0 spiro atoms. The van der Waals surface area contributed by atoms with Gasteiger partial charge in [-0.05, 0) is 37.9 Å². The minimum absolute atomic E-state index is 0.509. The number of nitrogens with one attached hydrogen (secondary N) is 2. The van der Waals surface area contributed by atoms with E-state index in [1.807, 2.05) is 0 Å². The van der Waals surface area contributed by atoms with E-state index < -0.39 is 0 Å². The van der Waals surface area contributed by atoms with E-state index in [0.29, 0.717) is 5.41 Å². The van der Waals surface area contributed by atoms with Crippen LogP contribution in [0.15, 0.2) is 0 Å². The summed E-state index contributed by atoms with van der Waals surface area (Å²) in [6.45, 7) is 10.3. The summed E-state index contributed by atoms with van der Waals surface area (Å²) in [5.74, 6) is 0. The molecule has 1 aliphatic rings. The molecule has 0 saturated carbocycles. The molecule has 0 aromatic rings. The predicted molar refractivity (Wildman–Crippen MR) is 53.3 cm³/mol. The van der Waals surface area contributed by atoms with Gasteiger partial charge in [-0.25, -0.2) is 0 Å². The summed E-state index contributed by atoms with van der Waals surface area (Å²) in [7, 11) is 0. The fourth-order valence-corrected chi connectivity index (χ4v) is 1.94. The number of hydrogen-bond donors (Lipinski definition) is 2. The first-order valence-electron chi connectivity index (χ1n) is 5.11. The Labute approximate surface area is 76.1 Å². The van der Waals surface area contributed by atoms with Crippen molar-refractivity contribution in [3.05, 3.63) is 0 Å². The first-order valence-corrected chi connectivity index (χ1v) is 5.11. The smallest absolute Gasteiger partial charge is 0.0131 e. The molecule has 2 nitrogen and oxygen atoms in total. The van der Waals surface area contributed by atoms with Crippen LogP contribution in [0.1, 0.15) is 33.6 Å². The molecule has 2 heteroatoms. The predicted octanol–water partition coefficient (Wildman–Crippen LogP) is 1.37. The molecule has 1 fully saturated rings. The molecule has 72 valence electrons. The van der Waals surface area contributed by atoms with Gasteiger partial charge in [0.15, 0.2) is 0 Å². The molecule has 1 heterocycles. The summed E-state index contributed by atoms with van der Waals surface area (Å²) < 4.78 is 0. The van der Waals surface area contributed by atoms with Crippen LogP contribution < -0.4 is 10.6 Å². The highest BCUT2D eigenvalue weighted by molar-refractivity contribution is 4.90. The van der Waals surface area contributed by atoms with Crippen molar-refractivity contribution in [3.63, 3.8) is 0 Å². The summed E-state index contributed by atoms with van der Waals surface area (Å²) in [5.41, 5.74) is 0.509. The standard InChI is InChI=1S/C10H22N2/c1-4-11-7-5-9-10(2,3)6-8-12-9/h9,11-12H,4-8H2,1-3H3. The van der Waals surface area contributed by atoms with Gasteiger partial charge in [0.1, 0.15) is 0 Å². The molecule has 1 aliphatic heterocycles. The molecule has 0 aliphatic carbocycles. The maximum atomic E-state index is 3.57. The molecule has 0 bridgehead atoms. The van der Waals surface area contributed by atoms with Gasteiger partial charge < -0.3 is 10.6 Å². The van der Waals surface area contributed by atoms with Gasteiger partial charge >= 0.3 is 0 Å². The fourth-order valence-electron chi connectivity index (χ4n) is 1.94. The van der Waals surface area contributed by atoms with Crippen LogP contribution in [0.4, 0.5) is 0 Å². The Morgan fingerprint density at radius 3 is 2.75 bits per heavy atom. The minimum atomic E-state index is 0.509. The van der Waals surface area contributed by atoms with Crippen molar-refractivity contribution in [1.82, 2.24) is 10.6 Å². The summed E-state index contributed by atoms with van der Waals surface area (Å²) in [6, 6.07) is 0.719. The quantitative estimate of drug-likeness (QED) is 0.623. The zero-order chi connectivity index (χ0) is 9.03. The average molecular weight is 170 g/mol. The van der Waals surface area contributed by atoms with Gasteiger partial charge in [0.05, 0.1) is 0 Å². The third-order valence-electron chi connectivity index (χ3n) is 2.96. The maximum Gasteiger partial charge on any atom is 0.0131 e. The van der Waals surface area contributed by atoms with Gasteiger partial charge in [-0.2, -0.15) is 0 Å². The summed E-state index contributed by atoms with van der Waals surface area (Å²) >= 11 is 0. The minimum Gasteiger partial charge on any atom is -0.317 e. The highest BCUT2D eigenvalue weighted by Gasteiger charge is 2.33. The lowest BCUT2D eigenvalue weighted by atomic mass is 9.83. The third kappa shape index (κ3) is 2.46. The second-order valence-electron chi connectivity index (χ2n) is 4.39. The third-order valence-corrected chi connectivity index (χ3v) is 2.96. The van der Waals surface area contributed by atoms with E-state index in [0.717, 1.165) is 19.1 Å². The largest absolute Gasteiger partial charge is 0.317 e. The molecular formula is C10H22N2. The van der Waals surface area contributed by atoms with Crippen LogP contribution in [0.3, 0.4) is 0 Å². The molecule has 1 unspecified atom stereocenters. The van der Waals surface area contributed by atoms with Crippen LogP contribution in [-0.4, -0.2) is 25.7 Å². The Balaban J connectivity index is 2.22. The Morgan fingerprint density at radius 1 is 1.50 bits per heavy atom. The summed E-state index contributed by atoms with van der Waals surface area (Å²) in [5, 5.41) is 6.94. The summed E-state index contributed by atoms with van der Waals surface area (Å²) in [6.07, 6.45) is 2.59. The van der Waals surface area contributed by atoms with Crippen molar-refractivity contribution in [2.75, 3.05) is 19.6 Å². The molecule has 1 saturated heterocycles. The van der Waals surface area contributed by atoms with Crippen molar-refractivity contribution < 1.29 is 0 Å². The van der Waals surface area contributed by atoms with Crippen molar-refractivity contribution in [2.45, 2.75) is 39.7 Å². The van der Waals surface area contributed by atoms with Gasteiger partial charge in [0, 0.05) is 6.04 Å². The molecule has 1 atom stereocenters. The fraction of sp³-hybridized carbons (Fsp3) is 1.00. The lowest BCUT2D eigenvalue weighted by Crippen LogP contribution is -2.35. The van der Waals surface area contributed by atoms with E-state index >= 15 is 0 Å². The van der Waals surface area contributed by atoms with Crippen molar-refractivity contribution in [1.29, 1.82) is 0 Å². The maximum absolute atomic E-state index is 3.57. The van der Waals surface area contributed by atoms with E-state index in [4.69, 9.17) is 0 Å². The van der Waals surface area contributed by atoms with Gasteiger partial charge in [-0.1, -0.05) is 20.8 Å². The van der Waals surface area contributed by atoms with Gasteiger partial charge in [0.25, 0.3) is 0 Å². The highest BCUT2D eigenvalue weighted by Crippen LogP contribution is 2.31. The Hall–Kier alpha value is -0.0800. The monoisotopic (exact) mass is 170 g/mol. The van der Waals surface area contributed by atoms with Crippen LogP contribution in [0, 0.1) is 5.41 Å². The van der Waals surface area contributed by atoms with Gasteiger partial charge in [-0.15, -0.1) is 0 Å². The van der Waals surface area contributed by atoms with Crippen LogP contribution in [0.25, 0.3) is 0 Å². The van der Waals surface area contributed by atoms with Crippen molar-refractivity contribution in [3.8, 4) is 0 Å². The molecule has 2 N–H and O–H groups in total. The van der Waals surface area contributed by atoms with Crippen LogP contribution in [0.5, 0.6) is 0 Å². The molecule has 1 rings (SSSR count). The first-order chi connectivity index (χ1) is 5.67. The molecular weight excluding hydrogens is 148 g/mol. The number of hydrogen-bond acceptors (Lipinski definition) is 2. The zero-order valence-corrected chi connectivity index (χ0v) is 8.61. The van der Waals surface area contributed by atoms with E-state index in [9.17, 15) is 0 Å². The first kappa shape index (κ1) is 10.0. The highest BCUT2D eigenvalue weighted by atomic mass is 15.0. The molecule has 0 aromatic carbocycles. The van der Waals surface area contributed by atoms with Crippen molar-refractivity contribution >= 4 is 0 Å². The van der Waals surface area contributed by atoms with Crippen molar-refractivity contribution in [2.24, 2.45) is 5.41 Å². The second kappa shape index (κ2) is 4.24. The lowest BCUT2D eigenvalue weighted by Gasteiger charge is -2.26. The SMILES string of the molecule is CCNCCC1NCCC1(C)C. The second-order valence-corrected chi connectivity index (χ2v) is 4.39. The zero-order valence-electron chi connectivity index (χ0n) is 8.61. The van der Waals surface area contributed by atoms with E-state index in [1.54, 1.807) is 0 Å². The topological polar surface area (TPSA) is 24.1 Å².